The molecule has 0 spiro atoms. The lowest BCUT2D eigenvalue weighted by atomic mass is 10.00. The Kier molecular flexibility index (Phi) is 3.40. The Bertz CT molecular complexity index is 571. The Hall–Kier alpha value is -0.680. The molecule has 0 aliphatic carbocycles. The highest BCUT2D eigenvalue weighted by Crippen LogP contribution is 2.45. The van der Waals surface area contributed by atoms with Crippen molar-refractivity contribution in [3.63, 3.8) is 0 Å². The molecule has 1 aromatic rings. The zero-order valence-corrected chi connectivity index (χ0v) is 11.8. The largest absolute Gasteiger partial charge is 0.495 e. The van der Waals surface area contributed by atoms with Crippen molar-refractivity contribution in [2.45, 2.75) is 4.33 Å². The van der Waals surface area contributed by atoms with E-state index in [9.17, 15) is 9.59 Å². The average Bonchev–Trinajstić information content (AvgIpc) is 2.31. The number of ether oxygens (including phenoxy) is 1. The Labute approximate surface area is 122 Å². The van der Waals surface area contributed by atoms with Gasteiger partial charge in [-0.2, -0.15) is 0 Å². The van der Waals surface area contributed by atoms with E-state index in [1.54, 1.807) is 0 Å². The van der Waals surface area contributed by atoms with E-state index in [0.717, 1.165) is 0 Å². The van der Waals surface area contributed by atoms with Gasteiger partial charge in [0.1, 0.15) is 5.75 Å². The fourth-order valence-electron chi connectivity index (χ4n) is 1.54. The fourth-order valence-corrected chi connectivity index (χ4v) is 2.38. The first kappa shape index (κ1) is 13.7. The molecule has 8 heteroatoms. The number of nitrogens with one attached hydrogen (secondary N) is 1. The van der Waals surface area contributed by atoms with E-state index >= 15 is 0 Å². The molecule has 4 nitrogen and oxygen atoms in total. The van der Waals surface area contributed by atoms with E-state index in [1.807, 2.05) is 0 Å². The van der Waals surface area contributed by atoms with Gasteiger partial charge in [0, 0.05) is 6.07 Å². The number of fused-ring (bicyclic) bond motifs is 1. The van der Waals surface area contributed by atoms with Crippen LogP contribution in [-0.4, -0.2) is 23.1 Å². The molecule has 18 heavy (non-hydrogen) atoms. The SMILES string of the molecule is COc1cc(Cl)c2c(c1Cl)C(=O)C(Cl)(Cl)C(=O)N2. The van der Waals surface area contributed by atoms with Crippen molar-refractivity contribution >= 4 is 63.8 Å². The van der Waals surface area contributed by atoms with Crippen LogP contribution >= 0.6 is 46.4 Å². The van der Waals surface area contributed by atoms with Crippen molar-refractivity contribution in [3.8, 4) is 5.75 Å². The summed E-state index contributed by atoms with van der Waals surface area (Å²) in [7, 11) is 1.37. The van der Waals surface area contributed by atoms with E-state index in [0.29, 0.717) is 0 Å². The van der Waals surface area contributed by atoms with Gasteiger partial charge in [0.05, 0.1) is 28.4 Å². The number of benzene rings is 1. The molecular formula is C10H5Cl4NO3. The van der Waals surface area contributed by atoms with Gasteiger partial charge < -0.3 is 10.1 Å². The lowest BCUT2D eigenvalue weighted by molar-refractivity contribution is -0.116. The van der Waals surface area contributed by atoms with Gasteiger partial charge in [-0.1, -0.05) is 46.4 Å². The van der Waals surface area contributed by atoms with Gasteiger partial charge in [-0.3, -0.25) is 9.59 Å². The molecular weight excluding hydrogens is 324 g/mol. The number of carbonyl (C=O) groups excluding carboxylic acids is 2. The number of halogens is 4. The minimum absolute atomic E-state index is 0.00687. The van der Waals surface area contributed by atoms with Crippen LogP contribution in [0, 0.1) is 0 Å². The first-order valence-electron chi connectivity index (χ1n) is 4.60. The van der Waals surface area contributed by atoms with Crippen LogP contribution in [0.2, 0.25) is 10.0 Å². The number of anilines is 1. The number of alkyl halides is 2. The van der Waals surface area contributed by atoms with Crippen molar-refractivity contribution in [2.75, 3.05) is 12.4 Å². The highest BCUT2D eigenvalue weighted by molar-refractivity contribution is 6.71. The molecule has 0 saturated carbocycles. The van der Waals surface area contributed by atoms with Gasteiger partial charge in [0.2, 0.25) is 5.78 Å². The van der Waals surface area contributed by atoms with Crippen molar-refractivity contribution < 1.29 is 14.3 Å². The standard InChI is InChI=1S/C10H5Cl4NO3/c1-18-4-2-3(11)7-5(6(4)12)8(16)10(13,14)9(17)15-7/h2H,1H3,(H,15,17). The lowest BCUT2D eigenvalue weighted by Crippen LogP contribution is -2.44. The van der Waals surface area contributed by atoms with Gasteiger partial charge in [0.15, 0.2) is 0 Å². The van der Waals surface area contributed by atoms with Crippen molar-refractivity contribution in [1.82, 2.24) is 0 Å². The number of methoxy groups -OCH3 is 1. The number of amides is 1. The summed E-state index contributed by atoms with van der Waals surface area (Å²) in [6.45, 7) is 0. The van der Waals surface area contributed by atoms with Gasteiger partial charge in [0.25, 0.3) is 10.2 Å². The number of hydrogen-bond donors (Lipinski definition) is 1. The highest BCUT2D eigenvalue weighted by atomic mass is 35.5. The molecule has 0 unspecified atom stereocenters. The van der Waals surface area contributed by atoms with Gasteiger partial charge in [-0.05, 0) is 0 Å². The minimum Gasteiger partial charge on any atom is -0.495 e. The topological polar surface area (TPSA) is 55.4 Å². The molecule has 0 radical (unpaired) electrons. The molecule has 1 amide bonds. The van der Waals surface area contributed by atoms with Crippen LogP contribution in [0.3, 0.4) is 0 Å². The molecule has 2 rings (SSSR count). The Morgan fingerprint density at radius 3 is 2.44 bits per heavy atom. The predicted octanol–water partition coefficient (Wildman–Crippen LogP) is 3.31. The van der Waals surface area contributed by atoms with Gasteiger partial charge >= 0.3 is 0 Å². The summed E-state index contributed by atoms with van der Waals surface area (Å²) < 4.78 is 2.74. The van der Waals surface area contributed by atoms with Crippen molar-refractivity contribution in [2.24, 2.45) is 0 Å². The smallest absolute Gasteiger partial charge is 0.269 e. The predicted molar refractivity (Wildman–Crippen MR) is 70.4 cm³/mol. The van der Waals surface area contributed by atoms with Crippen LogP contribution in [0.15, 0.2) is 6.07 Å². The maximum absolute atomic E-state index is 12.1. The third kappa shape index (κ3) is 1.84. The van der Waals surface area contributed by atoms with Crippen LogP contribution < -0.4 is 10.1 Å². The van der Waals surface area contributed by atoms with Gasteiger partial charge in [-0.15, -0.1) is 0 Å². The number of carbonyl (C=O) groups is 2. The van der Waals surface area contributed by atoms with E-state index in [-0.39, 0.29) is 27.0 Å². The monoisotopic (exact) mass is 327 g/mol. The molecule has 1 N–H and O–H groups in total. The molecule has 0 atom stereocenters. The molecule has 0 aromatic heterocycles. The fraction of sp³-hybridized carbons (Fsp3) is 0.200. The number of hydrogen-bond acceptors (Lipinski definition) is 3. The average molecular weight is 329 g/mol. The number of ketones is 1. The Morgan fingerprint density at radius 2 is 1.89 bits per heavy atom. The van der Waals surface area contributed by atoms with E-state index in [1.165, 1.54) is 13.2 Å². The maximum Gasteiger partial charge on any atom is 0.269 e. The van der Waals surface area contributed by atoms with Crippen molar-refractivity contribution in [3.05, 3.63) is 21.7 Å². The summed E-state index contributed by atoms with van der Waals surface area (Å²) in [6.07, 6.45) is 0. The molecule has 0 saturated heterocycles. The summed E-state index contributed by atoms with van der Waals surface area (Å²) in [5, 5.41) is 2.45. The first-order chi connectivity index (χ1) is 8.30. The van der Waals surface area contributed by atoms with Crippen LogP contribution in [0.5, 0.6) is 5.75 Å². The molecule has 1 aromatic carbocycles. The molecule has 0 fully saturated rings. The number of Topliss-reactive ketones (excluding diaryl/α,β-unsaturated/α-hetero) is 1. The van der Waals surface area contributed by atoms with Gasteiger partial charge in [-0.25, -0.2) is 0 Å². The third-order valence-corrected chi connectivity index (χ3v) is 3.80. The zero-order valence-electron chi connectivity index (χ0n) is 8.81. The molecule has 96 valence electrons. The molecule has 1 aliphatic heterocycles. The third-order valence-electron chi connectivity index (χ3n) is 2.44. The lowest BCUT2D eigenvalue weighted by Gasteiger charge is -2.27. The second kappa shape index (κ2) is 4.46. The molecule has 1 heterocycles. The summed E-state index contributed by atoms with van der Waals surface area (Å²) in [4.78, 5) is 23.6. The molecule has 1 aliphatic rings. The van der Waals surface area contributed by atoms with E-state index in [2.05, 4.69) is 5.32 Å². The minimum atomic E-state index is -2.23. The van der Waals surface area contributed by atoms with Crippen LogP contribution in [0.1, 0.15) is 10.4 Å². The summed E-state index contributed by atoms with van der Waals surface area (Å²) >= 11 is 23.3. The Morgan fingerprint density at radius 1 is 1.28 bits per heavy atom. The number of rotatable bonds is 1. The first-order valence-corrected chi connectivity index (χ1v) is 6.12. The quantitative estimate of drug-likeness (QED) is 0.635. The van der Waals surface area contributed by atoms with Crippen LogP contribution in [0.25, 0.3) is 0 Å². The van der Waals surface area contributed by atoms with Crippen LogP contribution in [0.4, 0.5) is 5.69 Å². The van der Waals surface area contributed by atoms with E-state index in [4.69, 9.17) is 51.1 Å². The summed E-state index contributed by atoms with van der Waals surface area (Å²) in [5.41, 5.74) is 0.0139. The van der Waals surface area contributed by atoms with Crippen molar-refractivity contribution in [1.29, 1.82) is 0 Å². The maximum atomic E-state index is 12.1. The van der Waals surface area contributed by atoms with E-state index < -0.39 is 16.0 Å². The second-order valence-electron chi connectivity index (χ2n) is 3.48. The zero-order chi connectivity index (χ0) is 13.7. The summed E-state index contributed by atoms with van der Waals surface area (Å²) in [5.74, 6) is -1.52. The Balaban J connectivity index is 2.77. The second-order valence-corrected chi connectivity index (χ2v) is 5.59. The van der Waals surface area contributed by atoms with Crippen LogP contribution in [-0.2, 0) is 4.79 Å². The normalized spacial score (nSPS) is 17.2. The molecule has 0 bridgehead atoms. The highest BCUT2D eigenvalue weighted by Gasteiger charge is 2.49. The summed E-state index contributed by atoms with van der Waals surface area (Å²) in [6, 6.07) is 1.38.